The Labute approximate surface area is 214 Å². The van der Waals surface area contributed by atoms with Crippen LogP contribution in [0.15, 0.2) is 48.5 Å². The Morgan fingerprint density at radius 3 is 2.62 bits per heavy atom. The van der Waals surface area contributed by atoms with Crippen LogP contribution in [0.4, 0.5) is 9.80 Å². The van der Waals surface area contributed by atoms with Crippen molar-refractivity contribution in [2.24, 2.45) is 5.92 Å². The lowest BCUT2D eigenvalue weighted by Gasteiger charge is -2.31. The number of carbonyl (C=O) groups excluding carboxylic acids is 2. The summed E-state index contributed by atoms with van der Waals surface area (Å²) in [5.74, 6) is -0.958. The molecule has 2 aromatic carbocycles. The summed E-state index contributed by atoms with van der Waals surface area (Å²) >= 11 is 2.19. The van der Waals surface area contributed by atoms with Gasteiger partial charge in [-0.05, 0) is 59.4 Å². The minimum atomic E-state index is -3.33. The van der Waals surface area contributed by atoms with E-state index in [4.69, 9.17) is 4.74 Å². The van der Waals surface area contributed by atoms with Gasteiger partial charge >= 0.3 is 0 Å². The summed E-state index contributed by atoms with van der Waals surface area (Å²) in [6.45, 7) is 5.44. The summed E-state index contributed by atoms with van der Waals surface area (Å²) in [7, 11) is -3.33. The van der Waals surface area contributed by atoms with Crippen molar-refractivity contribution in [3.05, 3.63) is 63.2 Å². The first-order valence-corrected chi connectivity index (χ1v) is 15.5. The Hall–Kier alpha value is -1.82. The van der Waals surface area contributed by atoms with Gasteiger partial charge in [-0.1, -0.05) is 37.3 Å². The lowest BCUT2D eigenvalue weighted by molar-refractivity contribution is -0.148. The van der Waals surface area contributed by atoms with Crippen molar-refractivity contribution in [1.82, 2.24) is 4.90 Å². The van der Waals surface area contributed by atoms with E-state index in [2.05, 4.69) is 27.9 Å². The van der Waals surface area contributed by atoms with Gasteiger partial charge in [0.05, 0.1) is 19.1 Å². The van der Waals surface area contributed by atoms with Crippen molar-refractivity contribution in [3.63, 3.8) is 0 Å². The van der Waals surface area contributed by atoms with Crippen LogP contribution in [0.3, 0.4) is 0 Å². The molecule has 2 aliphatic heterocycles. The number of fused-ring (bicyclic) bond motifs is 2. The maximum absolute atomic E-state index is 15.7. The number of hydrogen-bond donors (Lipinski definition) is 2. The molecule has 4 rings (SSSR count). The molecule has 182 valence electrons. The van der Waals surface area contributed by atoms with E-state index in [0.717, 1.165) is 9.13 Å². The first kappa shape index (κ1) is 25.3. The SMILES string of the molecule is C[C@@H]1[C@@H]([Si](C)(C)F)[C@H](CC(=O)N(CCO)Cc2ccccc2)O[C@@]12C(=O)Nc1ccc(I)cc12. The van der Waals surface area contributed by atoms with Gasteiger partial charge in [0.1, 0.15) is 0 Å². The fourth-order valence-corrected chi connectivity index (χ4v) is 8.54. The Morgan fingerprint density at radius 1 is 1.26 bits per heavy atom. The highest BCUT2D eigenvalue weighted by Gasteiger charge is 2.65. The minimum Gasteiger partial charge on any atom is -0.395 e. The first-order chi connectivity index (χ1) is 16.1. The molecule has 2 heterocycles. The van der Waals surface area contributed by atoms with Crippen molar-refractivity contribution >= 4 is 48.5 Å². The second-order valence-corrected chi connectivity index (χ2v) is 14.7. The van der Waals surface area contributed by atoms with Gasteiger partial charge in [-0.3, -0.25) is 9.59 Å². The molecule has 34 heavy (non-hydrogen) atoms. The van der Waals surface area contributed by atoms with Gasteiger partial charge in [-0.2, -0.15) is 0 Å². The highest BCUT2D eigenvalue weighted by molar-refractivity contribution is 14.1. The lowest BCUT2D eigenvalue weighted by atomic mass is 9.82. The van der Waals surface area contributed by atoms with Crippen LogP contribution in [0.2, 0.25) is 18.6 Å². The summed E-state index contributed by atoms with van der Waals surface area (Å²) in [5, 5.41) is 12.5. The van der Waals surface area contributed by atoms with E-state index >= 15 is 4.11 Å². The Morgan fingerprint density at radius 2 is 1.97 bits per heavy atom. The van der Waals surface area contributed by atoms with Crippen molar-refractivity contribution in [3.8, 4) is 0 Å². The number of carbonyl (C=O) groups is 2. The van der Waals surface area contributed by atoms with Gasteiger partial charge in [0.15, 0.2) is 5.60 Å². The second-order valence-electron chi connectivity index (χ2n) is 9.64. The zero-order valence-corrected chi connectivity index (χ0v) is 22.7. The molecular formula is C25H30FIN2O4Si. The monoisotopic (exact) mass is 596 g/mol. The molecule has 6 nitrogen and oxygen atoms in total. The maximum atomic E-state index is 15.7. The zero-order chi connectivity index (χ0) is 24.7. The standard InChI is InChI=1S/C25H30FIN2O4Si/c1-16-23(34(2,3)26)21(14-22(31)29(11-12-30)15-17-7-5-4-6-8-17)33-25(16)19-13-18(27)9-10-20(19)28-24(25)32/h4-10,13,16,21,23,30H,11-12,14-15H2,1-3H3,(H,28,32)/t16-,21+,23-,25+/m1/s1. The molecule has 2 amide bonds. The Balaban J connectivity index is 1.65. The molecule has 0 unspecified atom stereocenters. The van der Waals surface area contributed by atoms with Crippen LogP contribution >= 0.6 is 22.6 Å². The summed E-state index contributed by atoms with van der Waals surface area (Å²) in [6.07, 6.45) is -0.781. The number of nitrogens with one attached hydrogen (secondary N) is 1. The largest absolute Gasteiger partial charge is 0.395 e. The van der Waals surface area contributed by atoms with Gasteiger partial charge in [0, 0.05) is 39.4 Å². The number of aliphatic hydroxyl groups excluding tert-OH is 1. The van der Waals surface area contributed by atoms with Gasteiger partial charge in [-0.15, -0.1) is 0 Å². The first-order valence-electron chi connectivity index (χ1n) is 11.5. The average molecular weight is 597 g/mol. The van der Waals surface area contributed by atoms with Crippen molar-refractivity contribution in [2.45, 2.75) is 50.2 Å². The normalized spacial score (nSPS) is 25.9. The molecule has 1 saturated heterocycles. The third-order valence-corrected chi connectivity index (χ3v) is 10.1. The van der Waals surface area contributed by atoms with E-state index in [1.54, 1.807) is 18.0 Å². The number of halogens is 2. The van der Waals surface area contributed by atoms with Crippen LogP contribution in [-0.2, 0) is 26.5 Å². The van der Waals surface area contributed by atoms with Crippen LogP contribution in [0, 0.1) is 9.49 Å². The lowest BCUT2D eigenvalue weighted by Crippen LogP contribution is -2.42. The quantitative estimate of drug-likeness (QED) is 0.282. The number of amides is 2. The fraction of sp³-hybridized carbons (Fsp3) is 0.440. The van der Waals surface area contributed by atoms with E-state index < -0.39 is 31.6 Å². The van der Waals surface area contributed by atoms with Gasteiger partial charge in [0.2, 0.25) is 14.3 Å². The van der Waals surface area contributed by atoms with E-state index in [0.29, 0.717) is 17.8 Å². The molecule has 4 atom stereocenters. The Bertz CT molecular complexity index is 1080. The summed E-state index contributed by atoms with van der Waals surface area (Å²) in [5.41, 5.74) is 0.471. The zero-order valence-electron chi connectivity index (χ0n) is 19.6. The maximum Gasteiger partial charge on any atom is 0.261 e. The number of aliphatic hydroxyl groups is 1. The van der Waals surface area contributed by atoms with E-state index in [-0.39, 0.29) is 31.4 Å². The van der Waals surface area contributed by atoms with E-state index in [1.165, 1.54) is 0 Å². The average Bonchev–Trinajstić information content (AvgIpc) is 3.22. The molecule has 0 radical (unpaired) electrons. The molecule has 2 aromatic rings. The molecule has 2 N–H and O–H groups in total. The predicted molar refractivity (Wildman–Crippen MR) is 139 cm³/mol. The van der Waals surface area contributed by atoms with Crippen molar-refractivity contribution in [2.75, 3.05) is 18.5 Å². The highest BCUT2D eigenvalue weighted by atomic mass is 127. The summed E-state index contributed by atoms with van der Waals surface area (Å²) in [4.78, 5) is 28.2. The van der Waals surface area contributed by atoms with E-state index in [9.17, 15) is 14.7 Å². The number of ether oxygens (including phenoxy) is 1. The van der Waals surface area contributed by atoms with Gasteiger partial charge in [-0.25, -0.2) is 0 Å². The Kier molecular flexibility index (Phi) is 7.19. The molecule has 0 bridgehead atoms. The highest BCUT2D eigenvalue weighted by Crippen LogP contribution is 2.58. The number of rotatable bonds is 7. The molecule has 2 aliphatic rings. The number of hydrogen-bond acceptors (Lipinski definition) is 4. The number of anilines is 1. The molecule has 9 heteroatoms. The van der Waals surface area contributed by atoms with Crippen LogP contribution < -0.4 is 5.32 Å². The van der Waals surface area contributed by atoms with Gasteiger partial charge < -0.3 is 24.2 Å². The number of benzene rings is 2. The molecule has 1 spiro atoms. The van der Waals surface area contributed by atoms with Gasteiger partial charge in [0.25, 0.3) is 5.91 Å². The van der Waals surface area contributed by atoms with Crippen LogP contribution in [0.5, 0.6) is 0 Å². The molecule has 0 saturated carbocycles. The fourth-order valence-electron chi connectivity index (χ4n) is 5.56. The van der Waals surface area contributed by atoms with Crippen LogP contribution in [0.1, 0.15) is 24.5 Å². The number of nitrogens with zero attached hydrogens (tertiary/aromatic N) is 1. The van der Waals surface area contributed by atoms with Crippen molar-refractivity contribution < 1.29 is 23.5 Å². The van der Waals surface area contributed by atoms with Crippen molar-refractivity contribution in [1.29, 1.82) is 0 Å². The summed E-state index contributed by atoms with van der Waals surface area (Å²) in [6, 6.07) is 15.2. The van der Waals surface area contributed by atoms with Crippen LogP contribution in [0.25, 0.3) is 0 Å². The minimum absolute atomic E-state index is 0.0452. The van der Waals surface area contributed by atoms with E-state index in [1.807, 2.05) is 55.5 Å². The summed E-state index contributed by atoms with van der Waals surface area (Å²) < 4.78 is 23.1. The van der Waals surface area contributed by atoms with Crippen LogP contribution in [-0.4, -0.2) is 49.5 Å². The third kappa shape index (κ3) is 4.55. The molecule has 1 fully saturated rings. The second kappa shape index (κ2) is 9.67. The molecular weight excluding hydrogens is 566 g/mol. The molecule has 0 aliphatic carbocycles. The smallest absolute Gasteiger partial charge is 0.261 e. The third-order valence-electron chi connectivity index (χ3n) is 6.99. The molecule has 0 aromatic heterocycles. The predicted octanol–water partition coefficient (Wildman–Crippen LogP) is 4.43. The topological polar surface area (TPSA) is 78.9 Å².